The van der Waals surface area contributed by atoms with Crippen molar-refractivity contribution in [2.75, 3.05) is 14.1 Å². The van der Waals surface area contributed by atoms with E-state index in [4.69, 9.17) is 11.5 Å². The van der Waals surface area contributed by atoms with Crippen molar-refractivity contribution in [3.05, 3.63) is 35.4 Å². The van der Waals surface area contributed by atoms with Crippen molar-refractivity contribution < 1.29 is 4.79 Å². The highest BCUT2D eigenvalue weighted by Gasteiger charge is 2.15. The van der Waals surface area contributed by atoms with E-state index in [1.165, 1.54) is 4.90 Å². The Morgan fingerprint density at radius 1 is 1.25 bits per heavy atom. The molecular formula is C12H19N3O. The summed E-state index contributed by atoms with van der Waals surface area (Å²) in [7, 11) is 3.42. The third kappa shape index (κ3) is 3.32. The van der Waals surface area contributed by atoms with Crippen molar-refractivity contribution in [1.82, 2.24) is 4.90 Å². The molecule has 16 heavy (non-hydrogen) atoms. The molecule has 0 aliphatic heterocycles. The van der Waals surface area contributed by atoms with Crippen LogP contribution in [0.3, 0.4) is 0 Å². The molecule has 0 saturated heterocycles. The second kappa shape index (κ2) is 5.63. The van der Waals surface area contributed by atoms with Crippen LogP contribution in [0.4, 0.5) is 0 Å². The molecule has 0 aliphatic carbocycles. The Labute approximate surface area is 96.2 Å². The molecule has 4 nitrogen and oxygen atoms in total. The van der Waals surface area contributed by atoms with Crippen molar-refractivity contribution in [3.63, 3.8) is 0 Å². The number of likely N-dealkylation sites (N-methyl/N-ethyl adjacent to an activating group) is 1. The van der Waals surface area contributed by atoms with Gasteiger partial charge in [-0.15, -0.1) is 0 Å². The first-order chi connectivity index (χ1) is 7.54. The Morgan fingerprint density at radius 3 is 2.19 bits per heavy atom. The molecule has 0 radical (unpaired) electrons. The number of carbonyl (C=O) groups is 1. The van der Waals surface area contributed by atoms with E-state index in [1.54, 1.807) is 14.1 Å². The van der Waals surface area contributed by atoms with Crippen molar-refractivity contribution in [1.29, 1.82) is 0 Å². The number of benzene rings is 1. The van der Waals surface area contributed by atoms with Gasteiger partial charge in [-0.3, -0.25) is 4.79 Å². The molecule has 0 aromatic heterocycles. The SMILES string of the molecule is CN(C)C(=O)C(N)Cc1ccc(CN)cc1. The summed E-state index contributed by atoms with van der Waals surface area (Å²) in [5.74, 6) is -0.0529. The highest BCUT2D eigenvalue weighted by atomic mass is 16.2. The van der Waals surface area contributed by atoms with Gasteiger partial charge in [-0.1, -0.05) is 24.3 Å². The molecule has 0 saturated carbocycles. The second-order valence-electron chi connectivity index (χ2n) is 4.06. The highest BCUT2D eigenvalue weighted by molar-refractivity contribution is 5.81. The molecule has 0 aliphatic rings. The van der Waals surface area contributed by atoms with Crippen molar-refractivity contribution in [3.8, 4) is 0 Å². The minimum absolute atomic E-state index is 0.0529. The van der Waals surface area contributed by atoms with Gasteiger partial charge < -0.3 is 16.4 Å². The Bertz CT molecular complexity index is 346. The van der Waals surface area contributed by atoms with Crippen LogP contribution in [0.1, 0.15) is 11.1 Å². The van der Waals surface area contributed by atoms with Gasteiger partial charge in [-0.25, -0.2) is 0 Å². The summed E-state index contributed by atoms with van der Waals surface area (Å²) in [6.07, 6.45) is 0.557. The van der Waals surface area contributed by atoms with Crippen LogP contribution in [0.25, 0.3) is 0 Å². The molecule has 0 spiro atoms. The zero-order chi connectivity index (χ0) is 12.1. The predicted octanol–water partition coefficient (Wildman–Crippen LogP) is 0.103. The van der Waals surface area contributed by atoms with Crippen LogP contribution >= 0.6 is 0 Å². The average Bonchev–Trinajstić information content (AvgIpc) is 2.28. The average molecular weight is 221 g/mol. The first-order valence-electron chi connectivity index (χ1n) is 5.29. The Balaban J connectivity index is 2.62. The second-order valence-corrected chi connectivity index (χ2v) is 4.06. The highest BCUT2D eigenvalue weighted by Crippen LogP contribution is 2.06. The van der Waals surface area contributed by atoms with Crippen LogP contribution in [-0.4, -0.2) is 30.9 Å². The number of rotatable bonds is 4. The van der Waals surface area contributed by atoms with E-state index < -0.39 is 6.04 Å². The fourth-order valence-corrected chi connectivity index (χ4v) is 1.48. The number of nitrogens with zero attached hydrogens (tertiary/aromatic N) is 1. The van der Waals surface area contributed by atoms with Gasteiger partial charge in [0.2, 0.25) is 5.91 Å². The molecule has 0 bridgehead atoms. The van der Waals surface area contributed by atoms with E-state index in [1.807, 2.05) is 24.3 Å². The topological polar surface area (TPSA) is 72.3 Å². The Morgan fingerprint density at radius 2 is 1.75 bits per heavy atom. The molecule has 4 heteroatoms. The van der Waals surface area contributed by atoms with E-state index in [0.717, 1.165) is 11.1 Å². The minimum atomic E-state index is -0.473. The van der Waals surface area contributed by atoms with Crippen molar-refractivity contribution >= 4 is 5.91 Å². The summed E-state index contributed by atoms with van der Waals surface area (Å²) in [5, 5.41) is 0. The third-order valence-corrected chi connectivity index (χ3v) is 2.47. The van der Waals surface area contributed by atoms with Crippen LogP contribution in [0.2, 0.25) is 0 Å². The lowest BCUT2D eigenvalue weighted by molar-refractivity contribution is -0.130. The normalized spacial score (nSPS) is 12.2. The quantitative estimate of drug-likeness (QED) is 0.757. The molecule has 0 fully saturated rings. The van der Waals surface area contributed by atoms with Gasteiger partial charge in [-0.2, -0.15) is 0 Å². The van der Waals surface area contributed by atoms with Crippen molar-refractivity contribution in [2.24, 2.45) is 11.5 Å². The first kappa shape index (κ1) is 12.7. The van der Waals surface area contributed by atoms with E-state index >= 15 is 0 Å². The smallest absolute Gasteiger partial charge is 0.239 e. The molecule has 1 aromatic rings. The minimum Gasteiger partial charge on any atom is -0.347 e. The fourth-order valence-electron chi connectivity index (χ4n) is 1.48. The molecule has 88 valence electrons. The summed E-state index contributed by atoms with van der Waals surface area (Å²) >= 11 is 0. The van der Waals surface area contributed by atoms with Gasteiger partial charge in [0.1, 0.15) is 0 Å². The molecule has 0 heterocycles. The molecular weight excluding hydrogens is 202 g/mol. The summed E-state index contributed by atoms with van der Waals surface area (Å²) in [5.41, 5.74) is 13.4. The number of amides is 1. The zero-order valence-electron chi connectivity index (χ0n) is 9.81. The van der Waals surface area contributed by atoms with Gasteiger partial charge in [0, 0.05) is 20.6 Å². The van der Waals surface area contributed by atoms with Gasteiger partial charge in [0.25, 0.3) is 0 Å². The predicted molar refractivity (Wildman–Crippen MR) is 64.7 cm³/mol. The van der Waals surface area contributed by atoms with Crippen LogP contribution in [-0.2, 0) is 17.8 Å². The lowest BCUT2D eigenvalue weighted by atomic mass is 10.0. The lowest BCUT2D eigenvalue weighted by Gasteiger charge is -2.16. The molecule has 1 unspecified atom stereocenters. The maximum atomic E-state index is 11.6. The summed E-state index contributed by atoms with van der Waals surface area (Å²) in [4.78, 5) is 13.1. The van der Waals surface area contributed by atoms with E-state index in [9.17, 15) is 4.79 Å². The fraction of sp³-hybridized carbons (Fsp3) is 0.417. The summed E-state index contributed by atoms with van der Waals surface area (Å²) in [6.45, 7) is 0.531. The van der Waals surface area contributed by atoms with Crippen molar-refractivity contribution in [2.45, 2.75) is 19.0 Å². The van der Waals surface area contributed by atoms with Gasteiger partial charge in [-0.05, 0) is 17.5 Å². The van der Waals surface area contributed by atoms with E-state index in [0.29, 0.717) is 13.0 Å². The first-order valence-corrected chi connectivity index (χ1v) is 5.29. The molecule has 1 amide bonds. The van der Waals surface area contributed by atoms with Gasteiger partial charge >= 0.3 is 0 Å². The summed E-state index contributed by atoms with van der Waals surface area (Å²) < 4.78 is 0. The number of carbonyl (C=O) groups excluding carboxylic acids is 1. The lowest BCUT2D eigenvalue weighted by Crippen LogP contribution is -2.41. The molecule has 1 aromatic carbocycles. The van der Waals surface area contributed by atoms with Gasteiger partial charge in [0.15, 0.2) is 0 Å². The largest absolute Gasteiger partial charge is 0.347 e. The molecule has 1 atom stereocenters. The monoisotopic (exact) mass is 221 g/mol. The molecule has 1 rings (SSSR count). The Kier molecular flexibility index (Phi) is 4.46. The maximum absolute atomic E-state index is 11.6. The third-order valence-electron chi connectivity index (χ3n) is 2.47. The molecule has 4 N–H and O–H groups in total. The standard InChI is InChI=1S/C12H19N3O/c1-15(2)12(16)11(14)7-9-3-5-10(8-13)6-4-9/h3-6,11H,7-8,13-14H2,1-2H3. The number of hydrogen-bond donors (Lipinski definition) is 2. The van der Waals surface area contributed by atoms with E-state index in [2.05, 4.69) is 0 Å². The number of hydrogen-bond acceptors (Lipinski definition) is 3. The zero-order valence-corrected chi connectivity index (χ0v) is 9.81. The van der Waals surface area contributed by atoms with Crippen LogP contribution < -0.4 is 11.5 Å². The van der Waals surface area contributed by atoms with Crippen LogP contribution in [0.15, 0.2) is 24.3 Å². The summed E-state index contributed by atoms with van der Waals surface area (Å²) in [6, 6.07) is 7.37. The van der Waals surface area contributed by atoms with Crippen LogP contribution in [0, 0.1) is 0 Å². The van der Waals surface area contributed by atoms with E-state index in [-0.39, 0.29) is 5.91 Å². The Hall–Kier alpha value is -1.39. The van der Waals surface area contributed by atoms with Gasteiger partial charge in [0.05, 0.1) is 6.04 Å². The number of nitrogens with two attached hydrogens (primary N) is 2. The van der Waals surface area contributed by atoms with Crippen LogP contribution in [0.5, 0.6) is 0 Å². The maximum Gasteiger partial charge on any atom is 0.239 e.